The molecule has 0 spiro atoms. The van der Waals surface area contributed by atoms with E-state index in [1.165, 1.54) is 13.5 Å². The summed E-state index contributed by atoms with van der Waals surface area (Å²) >= 11 is 0. The number of carbonyl (C=O) groups is 1. The Labute approximate surface area is 121 Å². The Bertz CT molecular complexity index is 426. The molecule has 2 aliphatic rings. The van der Waals surface area contributed by atoms with Crippen LogP contribution >= 0.6 is 0 Å². The van der Waals surface area contributed by atoms with Crippen molar-refractivity contribution in [3.63, 3.8) is 0 Å². The Hall–Kier alpha value is -0.620. The Kier molecular flexibility index (Phi) is 5.43. The minimum atomic E-state index is -3.37. The van der Waals surface area contributed by atoms with E-state index >= 15 is 0 Å². The van der Waals surface area contributed by atoms with E-state index in [2.05, 4.69) is 0 Å². The first kappa shape index (κ1) is 15.8. The van der Waals surface area contributed by atoms with Gasteiger partial charge in [0.1, 0.15) is 0 Å². The first-order valence-corrected chi connectivity index (χ1v) is 9.14. The highest BCUT2D eigenvalue weighted by molar-refractivity contribution is 7.89. The van der Waals surface area contributed by atoms with Gasteiger partial charge in [-0.05, 0) is 25.7 Å². The van der Waals surface area contributed by atoms with E-state index in [0.717, 1.165) is 32.1 Å². The zero-order valence-corrected chi connectivity index (χ0v) is 13.0. The summed E-state index contributed by atoms with van der Waals surface area (Å²) in [5.74, 6) is -0.849. The van der Waals surface area contributed by atoms with Crippen LogP contribution in [0.5, 0.6) is 0 Å². The topological polar surface area (TPSA) is 63.7 Å². The molecular weight excluding hydrogens is 278 g/mol. The van der Waals surface area contributed by atoms with Crippen molar-refractivity contribution in [2.24, 2.45) is 5.92 Å². The molecule has 0 bridgehead atoms. The fraction of sp³-hybridized carbons (Fsp3) is 0.929. The van der Waals surface area contributed by atoms with Crippen molar-refractivity contribution < 1.29 is 17.9 Å². The highest BCUT2D eigenvalue weighted by atomic mass is 32.2. The van der Waals surface area contributed by atoms with Crippen molar-refractivity contribution in [1.29, 1.82) is 0 Å². The molecule has 2 atom stereocenters. The standard InChI is InChI=1S/C14H25NO4S/c1-19-14(16)12-8-7-9-13(12)20(17,18)15-10-5-3-2-4-6-11-15/h12-13H,2-11H2,1H3. The molecular formula is C14H25NO4S. The van der Waals surface area contributed by atoms with Crippen LogP contribution in [0.25, 0.3) is 0 Å². The number of hydrogen-bond donors (Lipinski definition) is 0. The summed E-state index contributed by atoms with van der Waals surface area (Å²) in [6, 6.07) is 0. The number of carbonyl (C=O) groups excluding carboxylic acids is 1. The first-order chi connectivity index (χ1) is 9.57. The lowest BCUT2D eigenvalue weighted by atomic mass is 10.1. The Morgan fingerprint density at radius 2 is 1.60 bits per heavy atom. The largest absolute Gasteiger partial charge is 0.469 e. The van der Waals surface area contributed by atoms with Crippen molar-refractivity contribution in [2.45, 2.75) is 56.6 Å². The van der Waals surface area contributed by atoms with Gasteiger partial charge in [-0.3, -0.25) is 4.79 Å². The van der Waals surface area contributed by atoms with Gasteiger partial charge in [-0.15, -0.1) is 0 Å². The lowest BCUT2D eigenvalue weighted by Gasteiger charge is -2.29. The molecule has 1 aliphatic carbocycles. The van der Waals surface area contributed by atoms with E-state index < -0.39 is 21.2 Å². The Morgan fingerprint density at radius 3 is 2.20 bits per heavy atom. The van der Waals surface area contributed by atoms with E-state index in [0.29, 0.717) is 25.9 Å². The second kappa shape index (κ2) is 6.89. The molecule has 0 N–H and O–H groups in total. The molecule has 1 aliphatic heterocycles. The van der Waals surface area contributed by atoms with Crippen molar-refractivity contribution in [3.05, 3.63) is 0 Å². The van der Waals surface area contributed by atoms with Crippen molar-refractivity contribution >= 4 is 16.0 Å². The van der Waals surface area contributed by atoms with Gasteiger partial charge in [0.05, 0.1) is 18.3 Å². The molecule has 0 amide bonds. The SMILES string of the molecule is COC(=O)C1CCCC1S(=O)(=O)N1CCCCCCC1. The summed E-state index contributed by atoms with van der Waals surface area (Å²) in [5, 5.41) is -0.575. The molecule has 2 unspecified atom stereocenters. The average molecular weight is 303 g/mol. The lowest BCUT2D eigenvalue weighted by Crippen LogP contribution is -2.43. The fourth-order valence-corrected chi connectivity index (χ4v) is 5.64. The molecule has 0 aromatic rings. The maximum Gasteiger partial charge on any atom is 0.310 e. The van der Waals surface area contributed by atoms with E-state index in [1.54, 1.807) is 4.31 Å². The molecule has 1 heterocycles. The summed E-state index contributed by atoms with van der Waals surface area (Å²) in [5.41, 5.74) is 0. The predicted octanol–water partition coefficient (Wildman–Crippen LogP) is 1.92. The second-order valence-electron chi connectivity index (χ2n) is 5.81. The van der Waals surface area contributed by atoms with E-state index in [9.17, 15) is 13.2 Å². The van der Waals surface area contributed by atoms with Crippen molar-refractivity contribution in [3.8, 4) is 0 Å². The Morgan fingerprint density at radius 1 is 1.00 bits per heavy atom. The van der Waals surface area contributed by atoms with Gasteiger partial charge in [0.25, 0.3) is 0 Å². The van der Waals surface area contributed by atoms with Gasteiger partial charge < -0.3 is 4.74 Å². The van der Waals surface area contributed by atoms with Crippen molar-refractivity contribution in [2.75, 3.05) is 20.2 Å². The van der Waals surface area contributed by atoms with E-state index in [1.807, 2.05) is 0 Å². The van der Waals surface area contributed by atoms with E-state index in [-0.39, 0.29) is 5.97 Å². The van der Waals surface area contributed by atoms with Gasteiger partial charge in [0.15, 0.2) is 0 Å². The van der Waals surface area contributed by atoms with Crippen LogP contribution in [0.3, 0.4) is 0 Å². The highest BCUT2D eigenvalue weighted by Gasteiger charge is 2.44. The minimum Gasteiger partial charge on any atom is -0.469 e. The number of methoxy groups -OCH3 is 1. The maximum atomic E-state index is 12.8. The molecule has 116 valence electrons. The van der Waals surface area contributed by atoms with E-state index in [4.69, 9.17) is 4.74 Å². The third kappa shape index (κ3) is 3.34. The molecule has 20 heavy (non-hydrogen) atoms. The number of ether oxygens (including phenoxy) is 1. The normalized spacial score (nSPS) is 29.6. The number of hydrogen-bond acceptors (Lipinski definition) is 4. The summed E-state index contributed by atoms with van der Waals surface area (Å²) < 4.78 is 32.0. The average Bonchev–Trinajstić information content (AvgIpc) is 2.86. The van der Waals surface area contributed by atoms with Gasteiger partial charge in [0, 0.05) is 13.1 Å². The molecule has 0 radical (unpaired) electrons. The van der Waals surface area contributed by atoms with Gasteiger partial charge in [0.2, 0.25) is 10.0 Å². The van der Waals surface area contributed by atoms with Crippen LogP contribution in [0.4, 0.5) is 0 Å². The van der Waals surface area contributed by atoms with Gasteiger partial charge in [-0.1, -0.05) is 25.7 Å². The number of rotatable bonds is 3. The maximum absolute atomic E-state index is 12.8. The summed E-state index contributed by atoms with van der Waals surface area (Å²) in [7, 11) is -2.04. The third-order valence-corrected chi connectivity index (χ3v) is 6.93. The molecule has 6 heteroatoms. The molecule has 2 fully saturated rings. The summed E-state index contributed by atoms with van der Waals surface area (Å²) in [6.07, 6.45) is 7.24. The predicted molar refractivity (Wildman–Crippen MR) is 76.7 cm³/mol. The smallest absolute Gasteiger partial charge is 0.310 e. The second-order valence-corrected chi connectivity index (χ2v) is 7.96. The zero-order valence-electron chi connectivity index (χ0n) is 12.2. The fourth-order valence-electron chi connectivity index (χ4n) is 3.37. The van der Waals surface area contributed by atoms with Crippen LogP contribution in [0, 0.1) is 5.92 Å². The van der Waals surface area contributed by atoms with Gasteiger partial charge in [-0.25, -0.2) is 12.7 Å². The first-order valence-electron chi connectivity index (χ1n) is 7.64. The molecule has 1 saturated heterocycles. The quantitative estimate of drug-likeness (QED) is 0.747. The molecule has 2 rings (SSSR count). The van der Waals surface area contributed by atoms with Crippen molar-refractivity contribution in [1.82, 2.24) is 4.31 Å². The van der Waals surface area contributed by atoms with Crippen LogP contribution in [-0.2, 0) is 19.6 Å². The molecule has 0 aromatic heterocycles. The minimum absolute atomic E-state index is 0.372. The molecule has 0 aromatic carbocycles. The van der Waals surface area contributed by atoms with Gasteiger partial charge >= 0.3 is 5.97 Å². The summed E-state index contributed by atoms with van der Waals surface area (Å²) in [4.78, 5) is 11.8. The number of nitrogens with zero attached hydrogens (tertiary/aromatic N) is 1. The third-order valence-electron chi connectivity index (χ3n) is 4.51. The molecule has 5 nitrogen and oxygen atoms in total. The zero-order chi connectivity index (χ0) is 14.6. The van der Waals surface area contributed by atoms with Crippen LogP contribution in [-0.4, -0.2) is 44.1 Å². The monoisotopic (exact) mass is 303 g/mol. The number of esters is 1. The Balaban J connectivity index is 2.13. The van der Waals surface area contributed by atoms with Gasteiger partial charge in [-0.2, -0.15) is 0 Å². The van der Waals surface area contributed by atoms with Crippen LogP contribution in [0.15, 0.2) is 0 Å². The highest BCUT2D eigenvalue weighted by Crippen LogP contribution is 2.34. The van der Waals surface area contributed by atoms with Crippen LogP contribution in [0.2, 0.25) is 0 Å². The van der Waals surface area contributed by atoms with Crippen LogP contribution in [0.1, 0.15) is 51.4 Å². The van der Waals surface area contributed by atoms with Crippen LogP contribution < -0.4 is 0 Å². The molecule has 1 saturated carbocycles. The lowest BCUT2D eigenvalue weighted by molar-refractivity contribution is -0.145. The summed E-state index contributed by atoms with van der Waals surface area (Å²) in [6.45, 7) is 1.21. The number of sulfonamides is 1.